The second-order valence-corrected chi connectivity index (χ2v) is 7.93. The molecule has 27 heavy (non-hydrogen) atoms. The molecule has 0 atom stereocenters. The third-order valence-electron chi connectivity index (χ3n) is 5.07. The highest BCUT2D eigenvalue weighted by molar-refractivity contribution is 9.10. The number of benzene rings is 1. The summed E-state index contributed by atoms with van der Waals surface area (Å²) in [5.41, 5.74) is 4.25. The van der Waals surface area contributed by atoms with Crippen LogP contribution in [0.5, 0.6) is 0 Å². The van der Waals surface area contributed by atoms with Gasteiger partial charge in [-0.05, 0) is 43.9 Å². The second-order valence-electron chi connectivity index (χ2n) is 7.07. The van der Waals surface area contributed by atoms with Crippen LogP contribution in [-0.2, 0) is 19.4 Å². The molecule has 0 bridgehead atoms. The van der Waals surface area contributed by atoms with Gasteiger partial charge in [-0.3, -0.25) is 4.79 Å². The molecule has 0 saturated carbocycles. The van der Waals surface area contributed by atoms with Crippen LogP contribution in [0.1, 0.15) is 46.7 Å². The molecule has 0 fully saturated rings. The van der Waals surface area contributed by atoms with Crippen LogP contribution in [0, 0.1) is 6.92 Å². The van der Waals surface area contributed by atoms with Gasteiger partial charge in [0.1, 0.15) is 11.3 Å². The topological polar surface area (TPSA) is 59.8 Å². The number of carbonyl (C=O) groups excluding carboxylic acids is 1. The highest BCUT2D eigenvalue weighted by Gasteiger charge is 2.20. The fourth-order valence-electron chi connectivity index (χ4n) is 3.70. The molecular weight excluding hydrogens is 404 g/mol. The predicted octanol–water partition coefficient (Wildman–Crippen LogP) is 4.20. The maximum atomic E-state index is 12.9. The highest BCUT2D eigenvalue weighted by Crippen LogP contribution is 2.24. The number of rotatable bonds is 4. The van der Waals surface area contributed by atoms with Gasteiger partial charge in [0.15, 0.2) is 5.65 Å². The fourth-order valence-corrected chi connectivity index (χ4v) is 4.18. The van der Waals surface area contributed by atoms with Crippen molar-refractivity contribution in [1.29, 1.82) is 0 Å². The van der Waals surface area contributed by atoms with Crippen LogP contribution in [0.3, 0.4) is 0 Å². The molecule has 6 heteroatoms. The lowest BCUT2D eigenvalue weighted by atomic mass is 10.1. The Balaban J connectivity index is 1.57. The van der Waals surface area contributed by atoms with E-state index < -0.39 is 0 Å². The number of fused-ring (bicyclic) bond motifs is 3. The van der Waals surface area contributed by atoms with E-state index in [0.29, 0.717) is 12.1 Å². The normalized spacial score (nSPS) is 14.0. The van der Waals surface area contributed by atoms with Gasteiger partial charge in [-0.2, -0.15) is 0 Å². The van der Waals surface area contributed by atoms with Crippen LogP contribution >= 0.6 is 15.9 Å². The molecule has 1 amide bonds. The summed E-state index contributed by atoms with van der Waals surface area (Å²) in [6.45, 7) is 3.46. The van der Waals surface area contributed by atoms with Crippen molar-refractivity contribution in [2.75, 3.05) is 6.54 Å². The first-order valence-electron chi connectivity index (χ1n) is 9.52. The number of pyridine rings is 1. The Kier molecular flexibility index (Phi) is 5.25. The zero-order valence-electron chi connectivity index (χ0n) is 15.5. The molecular formula is C21H23BrN4O. The van der Waals surface area contributed by atoms with Gasteiger partial charge in [-0.25, -0.2) is 9.97 Å². The predicted molar refractivity (Wildman–Crippen MR) is 110 cm³/mol. The maximum Gasteiger partial charge on any atom is 0.253 e. The Labute approximate surface area is 167 Å². The van der Waals surface area contributed by atoms with Gasteiger partial charge in [0.05, 0.1) is 5.56 Å². The average molecular weight is 427 g/mol. The molecule has 1 N–H and O–H groups in total. The Morgan fingerprint density at radius 2 is 2.07 bits per heavy atom. The summed E-state index contributed by atoms with van der Waals surface area (Å²) in [6.07, 6.45) is 5.25. The number of halogens is 1. The van der Waals surface area contributed by atoms with Crippen molar-refractivity contribution in [3.05, 3.63) is 57.4 Å². The van der Waals surface area contributed by atoms with E-state index in [2.05, 4.69) is 36.9 Å². The quantitative estimate of drug-likeness (QED) is 0.679. The first-order valence-corrected chi connectivity index (χ1v) is 10.3. The van der Waals surface area contributed by atoms with Crippen LogP contribution in [0.2, 0.25) is 0 Å². The molecule has 1 aromatic carbocycles. The summed E-state index contributed by atoms with van der Waals surface area (Å²) in [6, 6.07) is 9.94. The molecule has 4 rings (SSSR count). The molecule has 2 aromatic heterocycles. The third kappa shape index (κ3) is 3.76. The lowest BCUT2D eigenvalue weighted by molar-refractivity contribution is 0.0955. The first kappa shape index (κ1) is 18.2. The Bertz CT molecular complexity index is 995. The van der Waals surface area contributed by atoms with E-state index in [1.807, 2.05) is 31.2 Å². The van der Waals surface area contributed by atoms with Crippen molar-refractivity contribution in [2.24, 2.45) is 0 Å². The van der Waals surface area contributed by atoms with E-state index in [1.54, 1.807) is 0 Å². The van der Waals surface area contributed by atoms with Gasteiger partial charge in [0.25, 0.3) is 5.91 Å². The van der Waals surface area contributed by atoms with Crippen molar-refractivity contribution < 1.29 is 4.79 Å². The van der Waals surface area contributed by atoms with E-state index in [-0.39, 0.29) is 5.91 Å². The van der Waals surface area contributed by atoms with Crippen LogP contribution in [0.4, 0.5) is 0 Å². The highest BCUT2D eigenvalue weighted by atomic mass is 79.9. The summed E-state index contributed by atoms with van der Waals surface area (Å²) in [4.78, 5) is 22.3. The van der Waals surface area contributed by atoms with Crippen molar-refractivity contribution in [1.82, 2.24) is 19.9 Å². The Morgan fingerprint density at radius 3 is 2.93 bits per heavy atom. The van der Waals surface area contributed by atoms with Gasteiger partial charge < -0.3 is 9.88 Å². The molecule has 3 aromatic rings. The lowest BCUT2D eigenvalue weighted by Gasteiger charge is -2.09. The average Bonchev–Trinajstić information content (AvgIpc) is 2.84. The van der Waals surface area contributed by atoms with Crippen molar-refractivity contribution in [3.8, 4) is 0 Å². The van der Waals surface area contributed by atoms with Crippen molar-refractivity contribution in [2.45, 2.75) is 45.6 Å². The van der Waals surface area contributed by atoms with Crippen LogP contribution in [0.25, 0.3) is 11.2 Å². The van der Waals surface area contributed by atoms with Gasteiger partial charge in [0.2, 0.25) is 0 Å². The van der Waals surface area contributed by atoms with Gasteiger partial charge in [-0.1, -0.05) is 40.5 Å². The number of aromatic nitrogens is 3. The lowest BCUT2D eigenvalue weighted by Crippen LogP contribution is -2.26. The monoisotopic (exact) mass is 426 g/mol. The molecule has 0 radical (unpaired) electrons. The molecule has 0 unspecified atom stereocenters. The Morgan fingerprint density at radius 1 is 1.22 bits per heavy atom. The molecule has 1 aliphatic rings. The first-order chi connectivity index (χ1) is 13.1. The van der Waals surface area contributed by atoms with Crippen LogP contribution < -0.4 is 5.32 Å². The van der Waals surface area contributed by atoms with Crippen LogP contribution in [-0.4, -0.2) is 27.0 Å². The van der Waals surface area contributed by atoms with Gasteiger partial charge >= 0.3 is 0 Å². The summed E-state index contributed by atoms with van der Waals surface area (Å²) in [5, 5.41) is 3.05. The summed E-state index contributed by atoms with van der Waals surface area (Å²) < 4.78 is 3.27. The number of amides is 1. The standard InChI is InChI=1S/C21H23BrN4O/c1-14-13-16(21(27)23-11-10-15-7-4-5-8-17(15)22)19-20(24-14)26-12-6-2-3-9-18(26)25-19/h4-5,7-8,13H,2-3,6,9-12H2,1H3,(H,23,27). The van der Waals surface area contributed by atoms with Crippen LogP contribution in [0.15, 0.2) is 34.8 Å². The SMILES string of the molecule is Cc1cc(C(=O)NCCc2ccccc2Br)c2nc3n(c2n1)CCCCC3. The minimum absolute atomic E-state index is 0.0780. The fraction of sp³-hybridized carbons (Fsp3) is 0.381. The minimum atomic E-state index is -0.0780. The van der Waals surface area contributed by atoms with E-state index >= 15 is 0 Å². The summed E-state index contributed by atoms with van der Waals surface area (Å²) in [7, 11) is 0. The number of hydrogen-bond acceptors (Lipinski definition) is 3. The number of aryl methyl sites for hydroxylation is 3. The zero-order chi connectivity index (χ0) is 18.8. The van der Waals surface area contributed by atoms with E-state index in [1.165, 1.54) is 12.0 Å². The molecule has 3 heterocycles. The molecule has 0 spiro atoms. The van der Waals surface area contributed by atoms with E-state index in [9.17, 15) is 4.79 Å². The van der Waals surface area contributed by atoms with E-state index in [4.69, 9.17) is 4.98 Å². The maximum absolute atomic E-state index is 12.9. The Hall–Kier alpha value is -2.21. The third-order valence-corrected chi connectivity index (χ3v) is 5.85. The molecule has 5 nitrogen and oxygen atoms in total. The number of imidazole rings is 1. The molecule has 140 valence electrons. The second kappa shape index (κ2) is 7.80. The van der Waals surface area contributed by atoms with Gasteiger partial charge in [0, 0.05) is 29.7 Å². The van der Waals surface area contributed by atoms with Crippen molar-refractivity contribution >= 4 is 33.0 Å². The summed E-state index contributed by atoms with van der Waals surface area (Å²) >= 11 is 3.56. The number of nitrogens with zero attached hydrogens (tertiary/aromatic N) is 3. The number of carbonyl (C=O) groups is 1. The van der Waals surface area contributed by atoms with Crippen molar-refractivity contribution in [3.63, 3.8) is 0 Å². The summed E-state index contributed by atoms with van der Waals surface area (Å²) in [5.74, 6) is 0.980. The minimum Gasteiger partial charge on any atom is -0.352 e. The largest absolute Gasteiger partial charge is 0.352 e. The zero-order valence-corrected chi connectivity index (χ0v) is 17.1. The molecule has 1 aliphatic heterocycles. The smallest absolute Gasteiger partial charge is 0.253 e. The van der Waals surface area contributed by atoms with Gasteiger partial charge in [-0.15, -0.1) is 0 Å². The van der Waals surface area contributed by atoms with E-state index in [0.717, 1.165) is 59.4 Å². The number of nitrogens with one attached hydrogen (secondary N) is 1. The molecule has 0 saturated heterocycles. The molecule has 0 aliphatic carbocycles. The number of hydrogen-bond donors (Lipinski definition) is 1.